The van der Waals surface area contributed by atoms with Crippen molar-refractivity contribution in [2.45, 2.75) is 24.5 Å². The van der Waals surface area contributed by atoms with Crippen LogP contribution in [-0.4, -0.2) is 59.9 Å². The third kappa shape index (κ3) is 3.05. The fraction of sp³-hybridized carbons (Fsp3) is 0.500. The van der Waals surface area contributed by atoms with Gasteiger partial charge in [-0.3, -0.25) is 4.52 Å². The lowest BCUT2D eigenvalue weighted by atomic mass is 10.1. The van der Waals surface area contributed by atoms with Crippen molar-refractivity contribution in [3.05, 3.63) is 12.7 Å². The van der Waals surface area contributed by atoms with Gasteiger partial charge in [0.05, 0.1) is 6.61 Å². The molecule has 7 N–H and O–H groups in total. The van der Waals surface area contributed by atoms with Gasteiger partial charge in [-0.15, -0.1) is 0 Å². The topological polar surface area (TPSA) is 188 Å². The van der Waals surface area contributed by atoms with E-state index in [9.17, 15) is 14.8 Å². The molecule has 0 aromatic carbocycles. The first-order valence-corrected chi connectivity index (χ1v) is 8.01. The van der Waals surface area contributed by atoms with E-state index in [1.54, 1.807) is 0 Å². The molecule has 2 aromatic rings. The number of phosphoric acid groups is 1. The van der Waals surface area contributed by atoms with E-state index in [1.165, 1.54) is 17.2 Å². The Morgan fingerprint density at radius 3 is 2.83 bits per heavy atom. The number of aromatic amines is 1. The van der Waals surface area contributed by atoms with Crippen LogP contribution in [0, 0.1) is 0 Å². The Hall–Kier alpha value is -1.66. The number of rotatable bonds is 4. The van der Waals surface area contributed by atoms with Crippen LogP contribution >= 0.6 is 7.82 Å². The van der Waals surface area contributed by atoms with E-state index in [1.807, 2.05) is 0 Å². The molecule has 12 nitrogen and oxygen atoms in total. The summed E-state index contributed by atoms with van der Waals surface area (Å²) in [6, 6.07) is 0. The maximum absolute atomic E-state index is 10.7. The molecule has 126 valence electrons. The van der Waals surface area contributed by atoms with Gasteiger partial charge in [0.25, 0.3) is 5.65 Å². The number of nitrogens with one attached hydrogen (secondary N) is 1. The van der Waals surface area contributed by atoms with Crippen LogP contribution in [0.5, 0.6) is 0 Å². The summed E-state index contributed by atoms with van der Waals surface area (Å²) < 4.78 is 21.8. The number of aliphatic hydroxyl groups is 2. The van der Waals surface area contributed by atoms with Crippen LogP contribution in [0.15, 0.2) is 12.7 Å². The fourth-order valence-corrected chi connectivity index (χ4v) is 2.71. The van der Waals surface area contributed by atoms with Crippen LogP contribution in [0.1, 0.15) is 6.23 Å². The second-order valence-electron chi connectivity index (χ2n) is 4.97. The number of hydrogen-bond donors (Lipinski definition) is 6. The van der Waals surface area contributed by atoms with Gasteiger partial charge in [-0.25, -0.2) is 9.13 Å². The van der Waals surface area contributed by atoms with Crippen LogP contribution < -0.4 is 10.3 Å². The molecular weight excluding hydrogens is 333 g/mol. The van der Waals surface area contributed by atoms with Crippen LogP contribution in [-0.2, 0) is 13.8 Å². The Balaban J connectivity index is 1.87. The Kier molecular flexibility index (Phi) is 4.06. The van der Waals surface area contributed by atoms with Gasteiger partial charge in [-0.2, -0.15) is 0 Å². The number of nitrogens with two attached hydrogens (primary N) is 1. The Bertz CT molecular complexity index is 763. The highest BCUT2D eigenvalue weighted by Crippen LogP contribution is 2.37. The maximum Gasteiger partial charge on any atom is 0.469 e. The van der Waals surface area contributed by atoms with E-state index >= 15 is 0 Å². The number of ether oxygens (including phenoxy) is 1. The van der Waals surface area contributed by atoms with Crippen LogP contribution in [0.2, 0.25) is 0 Å². The van der Waals surface area contributed by atoms with E-state index < -0.39 is 39.0 Å². The van der Waals surface area contributed by atoms with Crippen molar-refractivity contribution in [3.63, 3.8) is 0 Å². The third-order valence-corrected chi connectivity index (χ3v) is 3.95. The molecule has 0 saturated carbocycles. The average molecular weight is 348 g/mol. The smallest absolute Gasteiger partial charge is 0.387 e. The maximum atomic E-state index is 10.7. The lowest BCUT2D eigenvalue weighted by molar-refractivity contribution is -0.747. The molecule has 0 radical (unpaired) electrons. The Labute approximate surface area is 128 Å². The van der Waals surface area contributed by atoms with Gasteiger partial charge < -0.3 is 35.5 Å². The SMILES string of the molecule is Nc1nc[n+]([C@H]2O[C@@H](COP(=O)(O)O)[C@@H](O)[C@H]2O)c2nc[nH]c12. The molecule has 0 bridgehead atoms. The largest absolute Gasteiger partial charge is 0.469 e. The average Bonchev–Trinajstić information content (AvgIpc) is 3.06. The van der Waals surface area contributed by atoms with E-state index in [-0.39, 0.29) is 5.82 Å². The molecule has 13 heteroatoms. The second-order valence-corrected chi connectivity index (χ2v) is 6.21. The Morgan fingerprint density at radius 1 is 1.39 bits per heavy atom. The Morgan fingerprint density at radius 2 is 2.13 bits per heavy atom. The number of phosphoric ester groups is 1. The predicted molar refractivity (Wildman–Crippen MR) is 72.4 cm³/mol. The van der Waals surface area contributed by atoms with Gasteiger partial charge in [0.15, 0.2) is 11.8 Å². The molecule has 0 unspecified atom stereocenters. The quantitative estimate of drug-likeness (QED) is 0.256. The van der Waals surface area contributed by atoms with Crippen molar-refractivity contribution in [1.29, 1.82) is 0 Å². The van der Waals surface area contributed by atoms with Gasteiger partial charge in [-0.05, 0) is 0 Å². The van der Waals surface area contributed by atoms with Gasteiger partial charge in [0.2, 0.25) is 18.4 Å². The highest BCUT2D eigenvalue weighted by molar-refractivity contribution is 7.46. The fourth-order valence-electron chi connectivity index (χ4n) is 2.37. The minimum atomic E-state index is -4.72. The molecule has 2 aromatic heterocycles. The number of aromatic nitrogens is 4. The van der Waals surface area contributed by atoms with E-state index in [4.69, 9.17) is 20.3 Å². The van der Waals surface area contributed by atoms with Crippen molar-refractivity contribution in [2.24, 2.45) is 0 Å². The number of fused-ring (bicyclic) bond motifs is 1. The monoisotopic (exact) mass is 348 g/mol. The zero-order valence-corrected chi connectivity index (χ0v) is 12.4. The number of hydrogen-bond acceptors (Lipinski definition) is 8. The molecule has 3 rings (SSSR count). The van der Waals surface area contributed by atoms with Crippen molar-refractivity contribution in [3.8, 4) is 0 Å². The number of nitrogens with zero attached hydrogens (tertiary/aromatic N) is 3. The van der Waals surface area contributed by atoms with Gasteiger partial charge >= 0.3 is 7.82 Å². The number of aliphatic hydroxyl groups excluding tert-OH is 2. The normalized spacial score (nSPS) is 28.5. The lowest BCUT2D eigenvalue weighted by Crippen LogP contribution is -2.47. The van der Waals surface area contributed by atoms with E-state index in [0.29, 0.717) is 11.2 Å². The van der Waals surface area contributed by atoms with Gasteiger partial charge in [-0.1, -0.05) is 9.97 Å². The first kappa shape index (κ1) is 16.2. The number of nitrogen functional groups attached to an aromatic ring is 1. The lowest BCUT2D eigenvalue weighted by Gasteiger charge is -2.14. The molecule has 1 saturated heterocycles. The summed E-state index contributed by atoms with van der Waals surface area (Å²) >= 11 is 0. The minimum absolute atomic E-state index is 0.197. The summed E-state index contributed by atoms with van der Waals surface area (Å²) in [5, 5.41) is 20.1. The second kappa shape index (κ2) is 5.76. The third-order valence-electron chi connectivity index (χ3n) is 3.46. The number of H-pyrrole nitrogens is 1. The van der Waals surface area contributed by atoms with Crippen molar-refractivity contribution >= 4 is 24.8 Å². The molecule has 0 amide bonds. The molecule has 4 atom stereocenters. The molecule has 23 heavy (non-hydrogen) atoms. The number of anilines is 1. The standard InChI is InChI=1S/C10H14N5O7P/c11-8-5-9(13-2-12-5)15(3-14-8)10-7(17)6(16)4(22-10)1-21-23(18,19)20/h2-4,6-7,10,16-17H,1H2,(H4,11,12,13,18,19,20)/p+1/t4-,6+,7+,10-/m0/s1. The summed E-state index contributed by atoms with van der Waals surface area (Å²) in [5.41, 5.74) is 6.46. The van der Waals surface area contributed by atoms with Gasteiger partial charge in [0.1, 0.15) is 18.3 Å². The molecule has 1 aliphatic rings. The van der Waals surface area contributed by atoms with Crippen LogP contribution in [0.4, 0.5) is 5.82 Å². The summed E-state index contributed by atoms with van der Waals surface area (Å²) in [6.45, 7) is -0.592. The summed E-state index contributed by atoms with van der Waals surface area (Å²) in [6.07, 6.45) is -2.34. The molecule has 3 heterocycles. The zero-order chi connectivity index (χ0) is 16.8. The predicted octanol–water partition coefficient (Wildman–Crippen LogP) is -2.44. The summed E-state index contributed by atoms with van der Waals surface area (Å²) in [4.78, 5) is 28.2. The minimum Gasteiger partial charge on any atom is -0.387 e. The molecule has 0 spiro atoms. The van der Waals surface area contributed by atoms with Crippen LogP contribution in [0.25, 0.3) is 11.2 Å². The van der Waals surface area contributed by atoms with Crippen LogP contribution in [0.3, 0.4) is 0 Å². The van der Waals surface area contributed by atoms with Crippen molar-refractivity contribution < 1.29 is 38.4 Å². The van der Waals surface area contributed by atoms with E-state index in [2.05, 4.69) is 19.5 Å². The highest BCUT2D eigenvalue weighted by atomic mass is 31.2. The highest BCUT2D eigenvalue weighted by Gasteiger charge is 2.47. The van der Waals surface area contributed by atoms with E-state index in [0.717, 1.165) is 0 Å². The van der Waals surface area contributed by atoms with Gasteiger partial charge in [0, 0.05) is 0 Å². The van der Waals surface area contributed by atoms with Crippen molar-refractivity contribution in [2.75, 3.05) is 12.3 Å². The zero-order valence-electron chi connectivity index (χ0n) is 11.6. The summed E-state index contributed by atoms with van der Waals surface area (Å²) in [5.74, 6) is 0.197. The van der Waals surface area contributed by atoms with Crippen molar-refractivity contribution in [1.82, 2.24) is 15.0 Å². The first-order chi connectivity index (χ1) is 10.8. The molecule has 1 fully saturated rings. The molecule has 0 aliphatic carbocycles. The molecular formula is C10H15N5O7P+. The number of imidazole rings is 1. The first-order valence-electron chi connectivity index (χ1n) is 6.48. The molecule has 1 aliphatic heterocycles. The summed E-state index contributed by atoms with van der Waals surface area (Å²) in [7, 11) is -4.72.